The molecule has 160 valence electrons. The van der Waals surface area contributed by atoms with Crippen LogP contribution in [0.4, 0.5) is 25.0 Å². The van der Waals surface area contributed by atoms with Crippen molar-refractivity contribution >= 4 is 23.3 Å². The molecule has 8 heteroatoms. The van der Waals surface area contributed by atoms with Crippen molar-refractivity contribution in [2.75, 3.05) is 30.4 Å². The van der Waals surface area contributed by atoms with E-state index < -0.39 is 23.6 Å². The van der Waals surface area contributed by atoms with Crippen molar-refractivity contribution in [1.29, 1.82) is 0 Å². The highest BCUT2D eigenvalue weighted by Crippen LogP contribution is 2.19. The van der Waals surface area contributed by atoms with Crippen molar-refractivity contribution in [3.63, 3.8) is 0 Å². The van der Waals surface area contributed by atoms with E-state index in [0.717, 1.165) is 6.07 Å². The normalized spacial score (nSPS) is 10.3. The Hall–Kier alpha value is -3.94. The molecule has 0 bridgehead atoms. The molecule has 0 saturated carbocycles. The Morgan fingerprint density at radius 3 is 2.29 bits per heavy atom. The minimum atomic E-state index is -0.514. The van der Waals surface area contributed by atoms with Crippen molar-refractivity contribution in [3.05, 3.63) is 90.0 Å². The largest absolute Gasteiger partial charge is 0.497 e. The number of methoxy groups -OCH3 is 1. The van der Waals surface area contributed by atoms with Gasteiger partial charge in [-0.25, -0.2) is 13.6 Å². The maximum Gasteiger partial charge on any atom is 0.326 e. The molecule has 0 fully saturated rings. The number of halogens is 2. The number of anilines is 2. The zero-order valence-electron chi connectivity index (χ0n) is 16.8. The standard InChI is InChI=1S/C23H21F2N3O3/c1-31-21-11-7-19(8-12-21)27-23(30)28(20-9-5-17(24)6-10-20)14-13-26-22(29)16-3-2-4-18(25)15-16/h2-12,15H,13-14H2,1H3,(H,26,29)(H,27,30). The number of benzene rings is 3. The average molecular weight is 425 g/mol. The number of amides is 3. The summed E-state index contributed by atoms with van der Waals surface area (Å²) in [4.78, 5) is 26.5. The third-order valence-electron chi connectivity index (χ3n) is 4.43. The van der Waals surface area contributed by atoms with Gasteiger partial charge in [-0.2, -0.15) is 0 Å². The van der Waals surface area contributed by atoms with E-state index in [-0.39, 0.29) is 18.7 Å². The summed E-state index contributed by atoms with van der Waals surface area (Å²) in [6.45, 7) is 0.206. The molecule has 31 heavy (non-hydrogen) atoms. The summed E-state index contributed by atoms with van der Waals surface area (Å²) >= 11 is 0. The fourth-order valence-corrected chi connectivity index (χ4v) is 2.85. The second-order valence-electron chi connectivity index (χ2n) is 6.55. The Morgan fingerprint density at radius 1 is 0.935 bits per heavy atom. The molecule has 0 radical (unpaired) electrons. The molecule has 0 unspecified atom stereocenters. The second kappa shape index (κ2) is 10.2. The number of nitrogens with zero attached hydrogens (tertiary/aromatic N) is 1. The maximum atomic E-state index is 13.3. The van der Waals surface area contributed by atoms with Gasteiger partial charge in [0.25, 0.3) is 5.91 Å². The number of carbonyl (C=O) groups is 2. The van der Waals surface area contributed by atoms with E-state index in [1.807, 2.05) is 0 Å². The fourth-order valence-electron chi connectivity index (χ4n) is 2.85. The van der Waals surface area contributed by atoms with Crippen LogP contribution in [0.5, 0.6) is 5.75 Å². The smallest absolute Gasteiger partial charge is 0.326 e. The Balaban J connectivity index is 1.69. The summed E-state index contributed by atoms with van der Waals surface area (Å²) in [5.74, 6) is -0.763. The quantitative estimate of drug-likeness (QED) is 0.588. The van der Waals surface area contributed by atoms with Gasteiger partial charge in [-0.3, -0.25) is 9.69 Å². The van der Waals surface area contributed by atoms with Crippen LogP contribution in [0, 0.1) is 11.6 Å². The molecular weight excluding hydrogens is 404 g/mol. The first-order chi connectivity index (χ1) is 15.0. The Kier molecular flexibility index (Phi) is 7.16. The number of ether oxygens (including phenoxy) is 1. The molecule has 0 aliphatic carbocycles. The van der Waals surface area contributed by atoms with Crippen molar-refractivity contribution in [2.24, 2.45) is 0 Å². The number of carbonyl (C=O) groups excluding carboxylic acids is 2. The highest BCUT2D eigenvalue weighted by atomic mass is 19.1. The van der Waals surface area contributed by atoms with Crippen LogP contribution >= 0.6 is 0 Å². The molecule has 3 rings (SSSR count). The van der Waals surface area contributed by atoms with Gasteiger partial charge in [0.1, 0.15) is 17.4 Å². The average Bonchev–Trinajstić information content (AvgIpc) is 2.78. The number of rotatable bonds is 7. The molecule has 0 aliphatic rings. The van der Waals surface area contributed by atoms with Gasteiger partial charge in [-0.1, -0.05) is 6.07 Å². The molecule has 3 aromatic carbocycles. The third kappa shape index (κ3) is 6.02. The first-order valence-corrected chi connectivity index (χ1v) is 9.48. The minimum Gasteiger partial charge on any atom is -0.497 e. The monoisotopic (exact) mass is 425 g/mol. The molecule has 2 N–H and O–H groups in total. The van der Waals surface area contributed by atoms with Gasteiger partial charge >= 0.3 is 6.03 Å². The van der Waals surface area contributed by atoms with Crippen molar-refractivity contribution in [1.82, 2.24) is 5.32 Å². The minimum absolute atomic E-state index is 0.1000. The second-order valence-corrected chi connectivity index (χ2v) is 6.55. The molecular formula is C23H21F2N3O3. The van der Waals surface area contributed by atoms with Crippen molar-refractivity contribution in [2.45, 2.75) is 0 Å². The topological polar surface area (TPSA) is 70.7 Å². The molecule has 3 aromatic rings. The number of urea groups is 1. The van der Waals surface area contributed by atoms with Gasteiger partial charge in [0.05, 0.1) is 7.11 Å². The van der Waals surface area contributed by atoms with Crippen LogP contribution in [0.1, 0.15) is 10.4 Å². The van der Waals surface area contributed by atoms with Gasteiger partial charge in [0.15, 0.2) is 0 Å². The van der Waals surface area contributed by atoms with Gasteiger partial charge in [0, 0.05) is 30.0 Å². The van der Waals surface area contributed by atoms with Gasteiger partial charge in [0.2, 0.25) is 0 Å². The lowest BCUT2D eigenvalue weighted by atomic mass is 10.2. The molecule has 0 aromatic heterocycles. The highest BCUT2D eigenvalue weighted by molar-refractivity contribution is 6.02. The summed E-state index contributed by atoms with van der Waals surface area (Å²) < 4.78 is 31.7. The van der Waals surface area contributed by atoms with Gasteiger partial charge in [-0.15, -0.1) is 0 Å². The predicted molar refractivity (Wildman–Crippen MR) is 114 cm³/mol. The fraction of sp³-hybridized carbons (Fsp3) is 0.130. The Bertz CT molecular complexity index is 1040. The lowest BCUT2D eigenvalue weighted by molar-refractivity contribution is 0.0954. The zero-order valence-corrected chi connectivity index (χ0v) is 16.8. The van der Waals surface area contributed by atoms with Crippen LogP contribution in [-0.2, 0) is 0 Å². The number of hydrogen-bond acceptors (Lipinski definition) is 3. The molecule has 0 saturated heterocycles. The van der Waals surface area contributed by atoms with Gasteiger partial charge in [-0.05, 0) is 66.7 Å². The lowest BCUT2D eigenvalue weighted by Gasteiger charge is -2.23. The molecule has 3 amide bonds. The van der Waals surface area contributed by atoms with Crippen LogP contribution in [0.25, 0.3) is 0 Å². The van der Waals surface area contributed by atoms with E-state index in [2.05, 4.69) is 10.6 Å². The summed E-state index contributed by atoms with van der Waals surface area (Å²) in [7, 11) is 1.54. The Morgan fingerprint density at radius 2 is 1.65 bits per heavy atom. The van der Waals surface area contributed by atoms with E-state index in [4.69, 9.17) is 4.74 Å². The first-order valence-electron chi connectivity index (χ1n) is 9.48. The summed E-state index contributed by atoms with van der Waals surface area (Å²) in [6, 6.07) is 17.1. The summed E-state index contributed by atoms with van der Waals surface area (Å²) in [5, 5.41) is 5.41. The van der Waals surface area contributed by atoms with Gasteiger partial charge < -0.3 is 15.4 Å². The van der Waals surface area contributed by atoms with Crippen LogP contribution in [0.15, 0.2) is 72.8 Å². The lowest BCUT2D eigenvalue weighted by Crippen LogP contribution is -2.41. The van der Waals surface area contributed by atoms with E-state index in [9.17, 15) is 18.4 Å². The summed E-state index contributed by atoms with van der Waals surface area (Å²) in [6.07, 6.45) is 0. The highest BCUT2D eigenvalue weighted by Gasteiger charge is 2.17. The molecule has 0 aliphatic heterocycles. The van der Waals surface area contributed by atoms with Crippen LogP contribution in [0.3, 0.4) is 0 Å². The van der Waals surface area contributed by atoms with Crippen LogP contribution in [0.2, 0.25) is 0 Å². The number of nitrogens with one attached hydrogen (secondary N) is 2. The SMILES string of the molecule is COc1ccc(NC(=O)N(CCNC(=O)c2cccc(F)c2)c2ccc(F)cc2)cc1. The predicted octanol–water partition coefficient (Wildman–Crippen LogP) is 4.44. The van der Waals surface area contributed by atoms with Crippen LogP contribution in [-0.4, -0.2) is 32.1 Å². The first kappa shape index (κ1) is 21.8. The van der Waals surface area contributed by atoms with E-state index in [0.29, 0.717) is 17.1 Å². The maximum absolute atomic E-state index is 13.3. The zero-order chi connectivity index (χ0) is 22.2. The van der Waals surface area contributed by atoms with E-state index in [1.165, 1.54) is 47.4 Å². The third-order valence-corrected chi connectivity index (χ3v) is 4.43. The Labute approximate surface area is 178 Å². The van der Waals surface area contributed by atoms with Crippen LogP contribution < -0.4 is 20.3 Å². The van der Waals surface area contributed by atoms with E-state index >= 15 is 0 Å². The van der Waals surface area contributed by atoms with Crippen molar-refractivity contribution < 1.29 is 23.1 Å². The van der Waals surface area contributed by atoms with E-state index in [1.54, 1.807) is 31.4 Å². The summed E-state index contributed by atoms with van der Waals surface area (Å²) in [5.41, 5.74) is 1.17. The molecule has 0 atom stereocenters. The molecule has 0 heterocycles. The molecule has 0 spiro atoms. The van der Waals surface area contributed by atoms with Crippen molar-refractivity contribution in [3.8, 4) is 5.75 Å². The number of hydrogen-bond donors (Lipinski definition) is 2. The molecule has 6 nitrogen and oxygen atoms in total.